The average Bonchev–Trinajstić information content (AvgIpc) is 2.59. The molecular formula is C10H12N2O. The van der Waals surface area contributed by atoms with Gasteiger partial charge in [-0.3, -0.25) is 0 Å². The molecule has 13 heavy (non-hydrogen) atoms. The van der Waals surface area contributed by atoms with Crippen LogP contribution in [0.4, 0.5) is 0 Å². The molecule has 0 radical (unpaired) electrons. The number of rotatable bonds is 2. The fraction of sp³-hybridized carbons (Fsp3) is 0.300. The van der Waals surface area contributed by atoms with Crippen LogP contribution in [-0.2, 0) is 13.2 Å². The monoisotopic (exact) mass is 176 g/mol. The second-order valence-corrected chi connectivity index (χ2v) is 3.01. The highest BCUT2D eigenvalue weighted by molar-refractivity contribution is 5.75. The van der Waals surface area contributed by atoms with Gasteiger partial charge in [-0.25, -0.2) is 4.98 Å². The van der Waals surface area contributed by atoms with E-state index in [1.807, 2.05) is 24.5 Å². The molecule has 68 valence electrons. The molecule has 0 aliphatic carbocycles. The first kappa shape index (κ1) is 8.26. The second kappa shape index (κ2) is 3.18. The molecule has 0 atom stereocenters. The standard InChI is InChI=1S/C10H12N2O/c1-2-12-7-11-9-5-8(6-13)3-4-10(9)12/h3-5,7,13H,2,6H2,1H3. The quantitative estimate of drug-likeness (QED) is 0.753. The molecule has 0 saturated carbocycles. The van der Waals surface area contributed by atoms with Crippen LogP contribution in [0.15, 0.2) is 24.5 Å². The van der Waals surface area contributed by atoms with E-state index in [-0.39, 0.29) is 6.61 Å². The molecule has 0 bridgehead atoms. The van der Waals surface area contributed by atoms with Crippen LogP contribution in [0, 0.1) is 0 Å². The normalized spacial score (nSPS) is 10.9. The molecule has 2 aromatic rings. The smallest absolute Gasteiger partial charge is 0.0958 e. The van der Waals surface area contributed by atoms with Gasteiger partial charge in [0, 0.05) is 6.54 Å². The summed E-state index contributed by atoms with van der Waals surface area (Å²) in [5.74, 6) is 0. The van der Waals surface area contributed by atoms with Crippen molar-refractivity contribution in [2.24, 2.45) is 0 Å². The van der Waals surface area contributed by atoms with Crippen molar-refractivity contribution in [3.63, 3.8) is 0 Å². The van der Waals surface area contributed by atoms with E-state index < -0.39 is 0 Å². The van der Waals surface area contributed by atoms with Crippen molar-refractivity contribution >= 4 is 11.0 Å². The highest BCUT2D eigenvalue weighted by Gasteiger charge is 2.00. The van der Waals surface area contributed by atoms with E-state index in [0.29, 0.717) is 0 Å². The van der Waals surface area contributed by atoms with Gasteiger partial charge in [0.25, 0.3) is 0 Å². The number of imidazole rings is 1. The molecule has 0 unspecified atom stereocenters. The lowest BCUT2D eigenvalue weighted by Gasteiger charge is -1.99. The van der Waals surface area contributed by atoms with Crippen LogP contribution in [0.1, 0.15) is 12.5 Å². The maximum atomic E-state index is 8.93. The lowest BCUT2D eigenvalue weighted by molar-refractivity contribution is 0.282. The Bertz CT molecular complexity index is 420. The van der Waals surface area contributed by atoms with Crippen molar-refractivity contribution in [3.05, 3.63) is 30.1 Å². The predicted octanol–water partition coefficient (Wildman–Crippen LogP) is 1.55. The zero-order valence-electron chi connectivity index (χ0n) is 7.57. The molecule has 0 amide bonds. The van der Waals surface area contributed by atoms with Crippen LogP contribution in [0.25, 0.3) is 11.0 Å². The summed E-state index contributed by atoms with van der Waals surface area (Å²) < 4.78 is 2.08. The molecular weight excluding hydrogens is 164 g/mol. The van der Waals surface area contributed by atoms with Crippen LogP contribution < -0.4 is 0 Å². The molecule has 1 aromatic carbocycles. The summed E-state index contributed by atoms with van der Waals surface area (Å²) in [5, 5.41) is 8.93. The third-order valence-electron chi connectivity index (χ3n) is 2.21. The van der Waals surface area contributed by atoms with Gasteiger partial charge in [0.2, 0.25) is 0 Å². The number of aliphatic hydroxyl groups excluding tert-OH is 1. The predicted molar refractivity (Wildman–Crippen MR) is 51.3 cm³/mol. The molecule has 1 N–H and O–H groups in total. The van der Waals surface area contributed by atoms with Gasteiger partial charge in [0.05, 0.1) is 24.0 Å². The number of hydrogen-bond donors (Lipinski definition) is 1. The number of fused-ring (bicyclic) bond motifs is 1. The number of aliphatic hydroxyl groups is 1. The number of nitrogens with zero attached hydrogens (tertiary/aromatic N) is 2. The van der Waals surface area contributed by atoms with Crippen LogP contribution >= 0.6 is 0 Å². The van der Waals surface area contributed by atoms with Crippen molar-refractivity contribution in [3.8, 4) is 0 Å². The van der Waals surface area contributed by atoms with E-state index in [1.165, 1.54) is 0 Å². The lowest BCUT2D eigenvalue weighted by atomic mass is 10.2. The van der Waals surface area contributed by atoms with Gasteiger partial charge < -0.3 is 9.67 Å². The number of hydrogen-bond acceptors (Lipinski definition) is 2. The number of aryl methyl sites for hydroxylation is 1. The molecule has 0 aliphatic heterocycles. The van der Waals surface area contributed by atoms with Gasteiger partial charge >= 0.3 is 0 Å². The summed E-state index contributed by atoms with van der Waals surface area (Å²) in [6, 6.07) is 5.84. The van der Waals surface area contributed by atoms with Crippen molar-refractivity contribution in [2.45, 2.75) is 20.1 Å². The second-order valence-electron chi connectivity index (χ2n) is 3.01. The minimum absolute atomic E-state index is 0.0783. The first-order valence-corrected chi connectivity index (χ1v) is 4.39. The minimum Gasteiger partial charge on any atom is -0.392 e. The molecule has 3 heteroatoms. The van der Waals surface area contributed by atoms with Crippen molar-refractivity contribution < 1.29 is 5.11 Å². The lowest BCUT2D eigenvalue weighted by Crippen LogP contribution is -1.90. The van der Waals surface area contributed by atoms with Gasteiger partial charge in [0.1, 0.15) is 0 Å². The average molecular weight is 176 g/mol. The summed E-state index contributed by atoms with van der Waals surface area (Å²) >= 11 is 0. The fourth-order valence-electron chi connectivity index (χ4n) is 1.46. The largest absolute Gasteiger partial charge is 0.392 e. The first-order valence-electron chi connectivity index (χ1n) is 4.39. The van der Waals surface area contributed by atoms with Gasteiger partial charge in [-0.05, 0) is 24.6 Å². The summed E-state index contributed by atoms with van der Waals surface area (Å²) in [7, 11) is 0. The molecule has 1 aromatic heterocycles. The van der Waals surface area contributed by atoms with Crippen LogP contribution in [0.2, 0.25) is 0 Å². The topological polar surface area (TPSA) is 38.0 Å². The Hall–Kier alpha value is -1.35. The Morgan fingerprint density at radius 3 is 3.00 bits per heavy atom. The van der Waals surface area contributed by atoms with Gasteiger partial charge in [0.15, 0.2) is 0 Å². The molecule has 0 fully saturated rings. The Balaban J connectivity index is 2.61. The fourth-order valence-corrected chi connectivity index (χ4v) is 1.46. The Kier molecular flexibility index (Phi) is 2.02. The summed E-state index contributed by atoms with van der Waals surface area (Å²) in [6.45, 7) is 3.09. The maximum Gasteiger partial charge on any atom is 0.0958 e. The van der Waals surface area contributed by atoms with Crippen LogP contribution in [-0.4, -0.2) is 14.7 Å². The molecule has 0 spiro atoms. The van der Waals surface area contributed by atoms with Gasteiger partial charge in [-0.1, -0.05) is 6.07 Å². The highest BCUT2D eigenvalue weighted by Crippen LogP contribution is 2.14. The molecule has 3 nitrogen and oxygen atoms in total. The zero-order chi connectivity index (χ0) is 9.26. The SMILES string of the molecule is CCn1cnc2cc(CO)ccc21. The van der Waals surface area contributed by atoms with E-state index in [2.05, 4.69) is 16.5 Å². The summed E-state index contributed by atoms with van der Waals surface area (Å²) in [6.07, 6.45) is 1.83. The third-order valence-corrected chi connectivity index (χ3v) is 2.21. The molecule has 2 rings (SSSR count). The third kappa shape index (κ3) is 1.31. The van der Waals surface area contributed by atoms with Crippen LogP contribution in [0.5, 0.6) is 0 Å². The molecule has 0 aliphatic rings. The van der Waals surface area contributed by atoms with Crippen LogP contribution in [0.3, 0.4) is 0 Å². The van der Waals surface area contributed by atoms with Crippen molar-refractivity contribution in [2.75, 3.05) is 0 Å². The Morgan fingerprint density at radius 2 is 2.31 bits per heavy atom. The Morgan fingerprint density at radius 1 is 1.46 bits per heavy atom. The summed E-state index contributed by atoms with van der Waals surface area (Å²) in [4.78, 5) is 4.25. The first-order chi connectivity index (χ1) is 6.35. The molecule has 1 heterocycles. The maximum absolute atomic E-state index is 8.93. The van der Waals surface area contributed by atoms with E-state index >= 15 is 0 Å². The zero-order valence-corrected chi connectivity index (χ0v) is 7.57. The van der Waals surface area contributed by atoms with Crippen molar-refractivity contribution in [1.29, 1.82) is 0 Å². The van der Waals surface area contributed by atoms with Gasteiger partial charge in [-0.2, -0.15) is 0 Å². The Labute approximate surface area is 76.6 Å². The van der Waals surface area contributed by atoms with E-state index in [0.717, 1.165) is 23.1 Å². The van der Waals surface area contributed by atoms with Gasteiger partial charge in [-0.15, -0.1) is 0 Å². The minimum atomic E-state index is 0.0783. The number of benzene rings is 1. The van der Waals surface area contributed by atoms with E-state index in [4.69, 9.17) is 5.11 Å². The van der Waals surface area contributed by atoms with Crippen molar-refractivity contribution in [1.82, 2.24) is 9.55 Å². The van der Waals surface area contributed by atoms with E-state index in [1.54, 1.807) is 0 Å². The van der Waals surface area contributed by atoms with E-state index in [9.17, 15) is 0 Å². The molecule has 0 saturated heterocycles. The summed E-state index contributed by atoms with van der Waals surface area (Å²) in [5.41, 5.74) is 2.99. The number of aromatic nitrogens is 2. The highest BCUT2D eigenvalue weighted by atomic mass is 16.3.